The standard InChI is InChI=1S/C11H15NO3/c1-8-9(5-4-6-12-8)15-7-11(2,3)10(13)14/h4-6H,7H2,1-3H3,(H,13,14). The molecule has 0 spiro atoms. The maximum Gasteiger partial charge on any atom is 0.312 e. The average Bonchev–Trinajstić information content (AvgIpc) is 2.16. The number of nitrogens with zero attached hydrogens (tertiary/aromatic N) is 1. The minimum atomic E-state index is -0.887. The fourth-order valence-corrected chi connectivity index (χ4v) is 0.942. The van der Waals surface area contributed by atoms with Crippen molar-refractivity contribution in [2.45, 2.75) is 20.8 Å². The molecule has 0 radical (unpaired) electrons. The van der Waals surface area contributed by atoms with Crippen LogP contribution in [-0.2, 0) is 4.79 Å². The quantitative estimate of drug-likeness (QED) is 0.822. The molecule has 0 aromatic carbocycles. The second-order valence-electron chi connectivity index (χ2n) is 4.06. The highest BCUT2D eigenvalue weighted by Crippen LogP contribution is 2.20. The van der Waals surface area contributed by atoms with Crippen LogP contribution in [0.1, 0.15) is 19.5 Å². The minimum Gasteiger partial charge on any atom is -0.491 e. The van der Waals surface area contributed by atoms with Gasteiger partial charge in [-0.15, -0.1) is 0 Å². The summed E-state index contributed by atoms with van der Waals surface area (Å²) in [6, 6.07) is 3.54. The molecule has 4 nitrogen and oxygen atoms in total. The van der Waals surface area contributed by atoms with Gasteiger partial charge in [-0.25, -0.2) is 0 Å². The second-order valence-corrected chi connectivity index (χ2v) is 4.06. The van der Waals surface area contributed by atoms with E-state index in [1.54, 1.807) is 32.2 Å². The second kappa shape index (κ2) is 4.29. The van der Waals surface area contributed by atoms with Crippen molar-refractivity contribution in [2.24, 2.45) is 5.41 Å². The van der Waals surface area contributed by atoms with Crippen LogP contribution in [0.25, 0.3) is 0 Å². The minimum absolute atomic E-state index is 0.134. The lowest BCUT2D eigenvalue weighted by atomic mass is 9.95. The van der Waals surface area contributed by atoms with E-state index in [0.717, 1.165) is 5.69 Å². The van der Waals surface area contributed by atoms with Crippen LogP contribution in [0.15, 0.2) is 18.3 Å². The number of aromatic nitrogens is 1. The molecule has 1 aromatic rings. The van der Waals surface area contributed by atoms with Crippen molar-refractivity contribution < 1.29 is 14.6 Å². The first-order valence-electron chi connectivity index (χ1n) is 4.71. The summed E-state index contributed by atoms with van der Waals surface area (Å²) in [5.41, 5.74) is -0.124. The first-order valence-corrected chi connectivity index (χ1v) is 4.71. The van der Waals surface area contributed by atoms with Crippen molar-refractivity contribution >= 4 is 5.97 Å². The fraction of sp³-hybridized carbons (Fsp3) is 0.455. The molecule has 0 aliphatic carbocycles. The fourth-order valence-electron chi connectivity index (χ4n) is 0.942. The van der Waals surface area contributed by atoms with Gasteiger partial charge in [0.15, 0.2) is 0 Å². The largest absolute Gasteiger partial charge is 0.491 e. The number of ether oxygens (including phenoxy) is 1. The third-order valence-corrected chi connectivity index (χ3v) is 2.13. The van der Waals surface area contributed by atoms with E-state index in [2.05, 4.69) is 4.98 Å². The summed E-state index contributed by atoms with van der Waals surface area (Å²) >= 11 is 0. The van der Waals surface area contributed by atoms with Gasteiger partial charge in [0.05, 0.1) is 11.1 Å². The molecule has 0 saturated heterocycles. The Morgan fingerprint density at radius 1 is 1.60 bits per heavy atom. The first kappa shape index (κ1) is 11.5. The Kier molecular flexibility index (Phi) is 3.29. The first-order chi connectivity index (χ1) is 6.93. The number of carboxylic acid groups (broad SMARTS) is 1. The molecule has 1 rings (SSSR count). The van der Waals surface area contributed by atoms with Gasteiger partial charge >= 0.3 is 5.97 Å². The van der Waals surface area contributed by atoms with Crippen molar-refractivity contribution in [3.63, 3.8) is 0 Å². The summed E-state index contributed by atoms with van der Waals surface area (Å²) in [7, 11) is 0. The highest BCUT2D eigenvalue weighted by molar-refractivity contribution is 5.73. The molecular weight excluding hydrogens is 194 g/mol. The van der Waals surface area contributed by atoms with Crippen LogP contribution in [0.3, 0.4) is 0 Å². The number of carbonyl (C=O) groups is 1. The summed E-state index contributed by atoms with van der Waals surface area (Å²) in [5.74, 6) is -0.240. The Bertz CT molecular complexity index is 361. The summed E-state index contributed by atoms with van der Waals surface area (Å²) in [6.07, 6.45) is 1.67. The lowest BCUT2D eigenvalue weighted by Crippen LogP contribution is -2.30. The zero-order valence-electron chi connectivity index (χ0n) is 9.15. The lowest BCUT2D eigenvalue weighted by Gasteiger charge is -2.19. The van der Waals surface area contributed by atoms with Crippen LogP contribution < -0.4 is 4.74 Å². The zero-order valence-corrected chi connectivity index (χ0v) is 9.15. The van der Waals surface area contributed by atoms with Gasteiger partial charge in [0.1, 0.15) is 12.4 Å². The molecule has 0 aliphatic heterocycles. The Balaban J connectivity index is 2.66. The van der Waals surface area contributed by atoms with Gasteiger partial charge in [-0.2, -0.15) is 0 Å². The maximum absolute atomic E-state index is 10.8. The van der Waals surface area contributed by atoms with Crippen molar-refractivity contribution in [1.29, 1.82) is 0 Å². The van der Waals surface area contributed by atoms with E-state index < -0.39 is 11.4 Å². The molecule has 0 atom stereocenters. The zero-order chi connectivity index (χ0) is 11.5. The lowest BCUT2D eigenvalue weighted by molar-refractivity contribution is -0.148. The van der Waals surface area contributed by atoms with Gasteiger partial charge in [-0.05, 0) is 32.9 Å². The molecule has 0 unspecified atom stereocenters. The van der Waals surface area contributed by atoms with Crippen LogP contribution in [0, 0.1) is 12.3 Å². The Morgan fingerprint density at radius 3 is 2.80 bits per heavy atom. The molecule has 0 fully saturated rings. The van der Waals surface area contributed by atoms with Crippen LogP contribution in [-0.4, -0.2) is 22.7 Å². The Morgan fingerprint density at radius 2 is 2.27 bits per heavy atom. The third-order valence-electron chi connectivity index (χ3n) is 2.13. The SMILES string of the molecule is Cc1ncccc1OCC(C)(C)C(=O)O. The number of rotatable bonds is 4. The van der Waals surface area contributed by atoms with Crippen LogP contribution in [0.5, 0.6) is 5.75 Å². The Labute approximate surface area is 88.9 Å². The monoisotopic (exact) mass is 209 g/mol. The molecule has 4 heteroatoms. The van der Waals surface area contributed by atoms with Gasteiger partial charge in [-0.1, -0.05) is 0 Å². The normalized spacial score (nSPS) is 11.1. The summed E-state index contributed by atoms with van der Waals surface area (Å²) < 4.78 is 5.42. The molecule has 0 saturated carbocycles. The van der Waals surface area contributed by atoms with E-state index in [9.17, 15) is 4.79 Å². The molecule has 0 aliphatic rings. The highest BCUT2D eigenvalue weighted by Gasteiger charge is 2.28. The van der Waals surface area contributed by atoms with E-state index >= 15 is 0 Å². The van der Waals surface area contributed by atoms with Gasteiger partial charge in [0, 0.05) is 6.20 Å². The summed E-state index contributed by atoms with van der Waals surface area (Å²) in [4.78, 5) is 14.9. The predicted octanol–water partition coefficient (Wildman–Crippen LogP) is 1.88. The third kappa shape index (κ3) is 2.94. The number of pyridine rings is 1. The topological polar surface area (TPSA) is 59.4 Å². The molecule has 1 heterocycles. The van der Waals surface area contributed by atoms with Crippen molar-refractivity contribution in [2.75, 3.05) is 6.61 Å². The van der Waals surface area contributed by atoms with Gasteiger partial charge in [0.25, 0.3) is 0 Å². The number of aliphatic carboxylic acids is 1. The van der Waals surface area contributed by atoms with E-state index in [-0.39, 0.29) is 6.61 Å². The number of aryl methyl sites for hydroxylation is 1. The molecular formula is C11H15NO3. The molecule has 82 valence electrons. The molecule has 15 heavy (non-hydrogen) atoms. The number of carboxylic acids is 1. The van der Waals surface area contributed by atoms with Crippen molar-refractivity contribution in [1.82, 2.24) is 4.98 Å². The van der Waals surface area contributed by atoms with Crippen molar-refractivity contribution in [3.8, 4) is 5.75 Å². The van der Waals surface area contributed by atoms with E-state index in [4.69, 9.17) is 9.84 Å². The van der Waals surface area contributed by atoms with E-state index in [1.807, 2.05) is 6.92 Å². The van der Waals surface area contributed by atoms with Gasteiger partial charge in [0.2, 0.25) is 0 Å². The van der Waals surface area contributed by atoms with Gasteiger partial charge < -0.3 is 9.84 Å². The average molecular weight is 209 g/mol. The number of hydrogen-bond donors (Lipinski definition) is 1. The number of hydrogen-bond acceptors (Lipinski definition) is 3. The summed E-state index contributed by atoms with van der Waals surface area (Å²) in [5, 5.41) is 8.89. The van der Waals surface area contributed by atoms with E-state index in [0.29, 0.717) is 5.75 Å². The molecule has 1 N–H and O–H groups in total. The maximum atomic E-state index is 10.8. The van der Waals surface area contributed by atoms with Crippen LogP contribution >= 0.6 is 0 Å². The molecule has 0 bridgehead atoms. The summed E-state index contributed by atoms with van der Waals surface area (Å²) in [6.45, 7) is 5.21. The van der Waals surface area contributed by atoms with Gasteiger partial charge in [-0.3, -0.25) is 9.78 Å². The van der Waals surface area contributed by atoms with Crippen LogP contribution in [0.4, 0.5) is 0 Å². The van der Waals surface area contributed by atoms with Crippen molar-refractivity contribution in [3.05, 3.63) is 24.0 Å². The highest BCUT2D eigenvalue weighted by atomic mass is 16.5. The smallest absolute Gasteiger partial charge is 0.312 e. The van der Waals surface area contributed by atoms with E-state index in [1.165, 1.54) is 0 Å². The predicted molar refractivity (Wildman–Crippen MR) is 55.9 cm³/mol. The molecule has 0 amide bonds. The Hall–Kier alpha value is -1.58. The molecule has 1 aromatic heterocycles. The van der Waals surface area contributed by atoms with Crippen LogP contribution in [0.2, 0.25) is 0 Å².